The molecular formula is C36H36N8O4S. The monoisotopic (exact) mass is 676 g/mol. The molecule has 13 heteroatoms. The summed E-state index contributed by atoms with van der Waals surface area (Å²) in [5.41, 5.74) is 4.14. The molecule has 1 spiro atoms. The van der Waals surface area contributed by atoms with Gasteiger partial charge in [-0.05, 0) is 57.0 Å². The van der Waals surface area contributed by atoms with Crippen LogP contribution in [-0.2, 0) is 40.4 Å². The average Bonchev–Trinajstić information content (AvgIpc) is 3.89. The molecule has 2 aliphatic heterocycles. The molecule has 6 aromatic rings. The Morgan fingerprint density at radius 1 is 1.00 bits per heavy atom. The number of carbonyl (C=O) groups excluding carboxylic acids is 2. The molecule has 1 saturated heterocycles. The third-order valence-corrected chi connectivity index (χ3v) is 10.9. The fraction of sp³-hybridized carbons (Fsp3) is 0.306. The predicted octanol–water partition coefficient (Wildman–Crippen LogP) is 5.42. The zero-order chi connectivity index (χ0) is 34.4. The third-order valence-electron chi connectivity index (χ3n) is 9.52. The van der Waals surface area contributed by atoms with Crippen molar-refractivity contribution in [2.75, 3.05) is 25.0 Å². The van der Waals surface area contributed by atoms with Crippen molar-refractivity contribution in [1.82, 2.24) is 33.4 Å². The highest BCUT2D eigenvalue weighted by atomic mass is 32.2. The van der Waals surface area contributed by atoms with Gasteiger partial charge >= 0.3 is 6.09 Å². The number of hydrogen-bond acceptors (Lipinski definition) is 7. The topological polar surface area (TPSA) is 126 Å². The first-order chi connectivity index (χ1) is 23.4. The van der Waals surface area contributed by atoms with E-state index in [4.69, 9.17) is 9.72 Å². The zero-order valence-corrected chi connectivity index (χ0v) is 29.0. The number of aromatic nitrogens is 6. The van der Waals surface area contributed by atoms with Gasteiger partial charge in [-0.3, -0.25) is 14.2 Å². The average molecular weight is 677 g/mol. The first-order valence-electron chi connectivity index (χ1n) is 16.1. The molecule has 0 bridgehead atoms. The predicted molar refractivity (Wildman–Crippen MR) is 187 cm³/mol. The Hall–Kier alpha value is -5.14. The minimum Gasteiger partial charge on any atom is -0.587 e. The maximum absolute atomic E-state index is 14.8. The summed E-state index contributed by atoms with van der Waals surface area (Å²) in [4.78, 5) is 36.7. The number of carbonyl (C=O) groups is 2. The van der Waals surface area contributed by atoms with Gasteiger partial charge in [0.15, 0.2) is 10.5 Å². The van der Waals surface area contributed by atoms with Crippen molar-refractivity contribution in [1.29, 1.82) is 0 Å². The Morgan fingerprint density at radius 2 is 1.78 bits per heavy atom. The molecule has 2 unspecified atom stereocenters. The number of anilines is 1. The zero-order valence-electron chi connectivity index (χ0n) is 28.2. The summed E-state index contributed by atoms with van der Waals surface area (Å²) in [5.74, 6) is -0.114. The fourth-order valence-corrected chi connectivity index (χ4v) is 8.62. The Morgan fingerprint density at radius 3 is 2.49 bits per heavy atom. The molecule has 250 valence electrons. The first kappa shape index (κ1) is 31.1. The van der Waals surface area contributed by atoms with Gasteiger partial charge in [-0.25, -0.2) is 9.78 Å². The van der Waals surface area contributed by atoms with Crippen LogP contribution in [0.1, 0.15) is 32.8 Å². The lowest BCUT2D eigenvalue weighted by molar-refractivity contribution is -0.122. The molecule has 2 aliphatic rings. The number of fused-ring (bicyclic) bond motifs is 5. The molecule has 6 heterocycles. The van der Waals surface area contributed by atoms with E-state index in [1.165, 1.54) is 0 Å². The van der Waals surface area contributed by atoms with Crippen LogP contribution in [0.3, 0.4) is 0 Å². The van der Waals surface area contributed by atoms with Crippen LogP contribution >= 0.6 is 0 Å². The molecule has 2 atom stereocenters. The van der Waals surface area contributed by atoms with Crippen molar-refractivity contribution >= 4 is 51.0 Å². The Balaban J connectivity index is 1.47. The Labute approximate surface area is 286 Å². The number of benzene rings is 2. The van der Waals surface area contributed by atoms with E-state index in [2.05, 4.69) is 16.3 Å². The number of rotatable bonds is 4. The number of amides is 2. The van der Waals surface area contributed by atoms with E-state index in [0.29, 0.717) is 40.3 Å². The van der Waals surface area contributed by atoms with E-state index < -0.39 is 28.5 Å². The molecule has 2 aromatic carbocycles. The maximum Gasteiger partial charge on any atom is 0.410 e. The van der Waals surface area contributed by atoms with Gasteiger partial charge < -0.3 is 19.1 Å². The van der Waals surface area contributed by atoms with Gasteiger partial charge in [0, 0.05) is 67.9 Å². The second-order valence-electron chi connectivity index (χ2n) is 13.8. The number of ether oxygens (including phenoxy) is 1. The molecule has 49 heavy (non-hydrogen) atoms. The van der Waals surface area contributed by atoms with E-state index >= 15 is 0 Å². The van der Waals surface area contributed by atoms with Gasteiger partial charge in [0.2, 0.25) is 5.91 Å². The van der Waals surface area contributed by atoms with E-state index in [1.807, 2.05) is 94.4 Å². The van der Waals surface area contributed by atoms with Crippen LogP contribution in [0.5, 0.6) is 0 Å². The van der Waals surface area contributed by atoms with Crippen molar-refractivity contribution in [3.05, 3.63) is 78.9 Å². The number of aryl methyl sites for hydroxylation is 2. The van der Waals surface area contributed by atoms with Gasteiger partial charge in [0.25, 0.3) is 0 Å². The van der Waals surface area contributed by atoms with Crippen molar-refractivity contribution in [3.63, 3.8) is 0 Å². The van der Waals surface area contributed by atoms with E-state index in [-0.39, 0.29) is 12.5 Å². The summed E-state index contributed by atoms with van der Waals surface area (Å²) in [7, 11) is 5.49. The fourth-order valence-electron chi connectivity index (χ4n) is 7.36. The molecule has 8 rings (SSSR count). The quantitative estimate of drug-likeness (QED) is 0.229. The SMILES string of the molecule is CN1C(=O)C2(CCN(C(=O)OC(C)(C)C)C2)c2c1cnc1c2c(-c2ccc3c(cnn3C)c2)c(-c2cnn(C)c2)n1[S+]([O-])c1ccccc1. The maximum atomic E-state index is 14.8. The number of hydrogen-bond donors (Lipinski definition) is 0. The third kappa shape index (κ3) is 4.74. The first-order valence-corrected chi connectivity index (χ1v) is 17.2. The minimum absolute atomic E-state index is 0.114. The van der Waals surface area contributed by atoms with Gasteiger partial charge in [0.1, 0.15) is 22.7 Å². The van der Waals surface area contributed by atoms with Gasteiger partial charge in [0.05, 0.1) is 35.2 Å². The molecule has 0 saturated carbocycles. The highest BCUT2D eigenvalue weighted by Crippen LogP contribution is 2.54. The van der Waals surface area contributed by atoms with Crippen LogP contribution in [0.25, 0.3) is 44.3 Å². The lowest BCUT2D eigenvalue weighted by Gasteiger charge is -2.26. The smallest absolute Gasteiger partial charge is 0.410 e. The highest BCUT2D eigenvalue weighted by Gasteiger charge is 2.57. The van der Waals surface area contributed by atoms with Gasteiger partial charge in [-0.1, -0.05) is 24.3 Å². The van der Waals surface area contributed by atoms with E-state index in [1.54, 1.807) is 37.9 Å². The summed E-state index contributed by atoms with van der Waals surface area (Å²) < 4.78 is 25.8. The van der Waals surface area contributed by atoms with Crippen molar-refractivity contribution in [2.24, 2.45) is 14.1 Å². The molecule has 0 aliphatic carbocycles. The number of likely N-dealkylation sites (N-methyl/N-ethyl adjacent to an activating group) is 1. The standard InChI is InChI=1S/C36H36N8O4S/c1-35(2,3)48-34(46)43-15-14-36(21-43)30-27(41(5)33(36)45)19-37-32-29(30)28(22-12-13-26-23(16-22)17-39-42(26)6)31(24-18-38-40(4)20-24)44(32)49(47)25-10-8-7-9-11-25/h7-13,16-20H,14-15,21H2,1-6H3. The largest absolute Gasteiger partial charge is 0.587 e. The van der Waals surface area contributed by atoms with Crippen LogP contribution in [-0.4, -0.2) is 75.7 Å². The van der Waals surface area contributed by atoms with Crippen LogP contribution < -0.4 is 4.90 Å². The number of pyridine rings is 1. The lowest BCUT2D eigenvalue weighted by atomic mass is 9.78. The summed E-state index contributed by atoms with van der Waals surface area (Å²) in [6.07, 6.45) is 7.11. The van der Waals surface area contributed by atoms with Gasteiger partial charge in [-0.15, -0.1) is 3.97 Å². The summed E-state index contributed by atoms with van der Waals surface area (Å²) in [6, 6.07) is 15.4. The molecule has 12 nitrogen and oxygen atoms in total. The Kier molecular flexibility index (Phi) is 6.95. The second-order valence-corrected chi connectivity index (χ2v) is 15.2. The number of likely N-dealkylation sites (tertiary alicyclic amines) is 1. The lowest BCUT2D eigenvalue weighted by Crippen LogP contribution is -2.43. The minimum atomic E-state index is -1.74. The molecule has 0 radical (unpaired) electrons. The van der Waals surface area contributed by atoms with E-state index in [9.17, 15) is 14.1 Å². The molecule has 0 N–H and O–H groups in total. The van der Waals surface area contributed by atoms with Crippen molar-refractivity contribution in [3.8, 4) is 22.4 Å². The molecule has 1 fully saturated rings. The normalized spacial score (nSPS) is 18.3. The summed E-state index contributed by atoms with van der Waals surface area (Å²) >= 11 is -1.74. The number of nitrogens with zero attached hydrogens (tertiary/aromatic N) is 8. The van der Waals surface area contributed by atoms with Crippen LogP contribution in [0.15, 0.2) is 78.2 Å². The highest BCUT2D eigenvalue weighted by molar-refractivity contribution is 7.90. The van der Waals surface area contributed by atoms with E-state index in [0.717, 1.165) is 33.2 Å². The summed E-state index contributed by atoms with van der Waals surface area (Å²) in [6.45, 7) is 5.98. The van der Waals surface area contributed by atoms with Gasteiger partial charge in [-0.2, -0.15) is 10.2 Å². The van der Waals surface area contributed by atoms with Crippen LogP contribution in [0.4, 0.5) is 10.5 Å². The summed E-state index contributed by atoms with van der Waals surface area (Å²) in [5, 5.41) is 10.6. The second kappa shape index (κ2) is 10.9. The van der Waals surface area contributed by atoms with Crippen molar-refractivity contribution in [2.45, 2.75) is 43.1 Å². The van der Waals surface area contributed by atoms with Crippen LogP contribution in [0, 0.1) is 0 Å². The van der Waals surface area contributed by atoms with Crippen LogP contribution in [0.2, 0.25) is 0 Å². The molecular weight excluding hydrogens is 641 g/mol. The molecule has 2 amide bonds. The molecule has 4 aromatic heterocycles. The van der Waals surface area contributed by atoms with Crippen molar-refractivity contribution < 1.29 is 18.9 Å². The Bertz CT molecular complexity index is 2300.